The summed E-state index contributed by atoms with van der Waals surface area (Å²) in [6.45, 7) is 0. The van der Waals surface area contributed by atoms with Crippen LogP contribution in [0.2, 0.25) is 0 Å². The average molecular weight is 230 g/mol. The zero-order valence-electron chi connectivity index (χ0n) is 9.93. The molecule has 2 fully saturated rings. The molecule has 2 N–H and O–H groups in total. The second kappa shape index (κ2) is 3.84. The highest BCUT2D eigenvalue weighted by Gasteiger charge is 2.58. The first-order valence-corrected chi connectivity index (χ1v) is 6.40. The van der Waals surface area contributed by atoms with E-state index in [9.17, 15) is 4.79 Å². The van der Waals surface area contributed by atoms with Crippen molar-refractivity contribution in [1.82, 2.24) is 0 Å². The lowest BCUT2D eigenvalue weighted by Crippen LogP contribution is -2.78. The van der Waals surface area contributed by atoms with Crippen LogP contribution in [0.1, 0.15) is 32.1 Å². The van der Waals surface area contributed by atoms with Gasteiger partial charge in [0.15, 0.2) is 0 Å². The van der Waals surface area contributed by atoms with Gasteiger partial charge < -0.3 is 10.6 Å². The standard InChI is InChI=1S/C14H18N2O/c15-12-13(17)16(11-7-3-1-4-8-11)14(12)9-5-2-6-10-14/h1,3-4,7-8,12H,2,5-6,9-10,15H2/t12-/m0/s1. The second-order valence-electron chi connectivity index (χ2n) is 5.15. The Labute approximate surface area is 102 Å². The summed E-state index contributed by atoms with van der Waals surface area (Å²) in [5.41, 5.74) is 6.98. The van der Waals surface area contributed by atoms with Gasteiger partial charge in [-0.15, -0.1) is 0 Å². The maximum Gasteiger partial charge on any atom is 0.246 e. The largest absolute Gasteiger partial charge is 0.318 e. The molecular weight excluding hydrogens is 212 g/mol. The van der Waals surface area contributed by atoms with E-state index in [1.807, 2.05) is 35.2 Å². The van der Waals surface area contributed by atoms with Crippen molar-refractivity contribution in [3.63, 3.8) is 0 Å². The molecule has 1 aliphatic heterocycles. The molecule has 1 saturated carbocycles. The molecule has 90 valence electrons. The van der Waals surface area contributed by atoms with Gasteiger partial charge in [0.2, 0.25) is 5.91 Å². The SMILES string of the molecule is N[C@H]1C(=O)N(c2ccccc2)C12CCCCC2. The predicted octanol–water partition coefficient (Wildman–Crippen LogP) is 2.06. The average Bonchev–Trinajstić information content (AvgIpc) is 2.41. The molecule has 1 atom stereocenters. The van der Waals surface area contributed by atoms with E-state index >= 15 is 0 Å². The third kappa shape index (κ3) is 1.42. The van der Waals surface area contributed by atoms with Crippen molar-refractivity contribution >= 4 is 11.6 Å². The predicted molar refractivity (Wildman–Crippen MR) is 67.7 cm³/mol. The van der Waals surface area contributed by atoms with Crippen molar-refractivity contribution in [3.8, 4) is 0 Å². The number of benzene rings is 1. The fraction of sp³-hybridized carbons (Fsp3) is 0.500. The first kappa shape index (κ1) is 10.8. The number of carbonyl (C=O) groups is 1. The molecule has 3 rings (SSSR count). The van der Waals surface area contributed by atoms with Gasteiger partial charge in [-0.25, -0.2) is 0 Å². The molecule has 3 heteroatoms. The van der Waals surface area contributed by atoms with Gasteiger partial charge in [0.25, 0.3) is 0 Å². The number of rotatable bonds is 1. The number of hydrogen-bond donors (Lipinski definition) is 1. The highest BCUT2D eigenvalue weighted by Crippen LogP contribution is 2.45. The molecule has 2 aliphatic rings. The Bertz CT molecular complexity index is 423. The van der Waals surface area contributed by atoms with Gasteiger partial charge in [-0.3, -0.25) is 4.79 Å². The molecule has 0 bridgehead atoms. The minimum absolute atomic E-state index is 0.0816. The van der Waals surface area contributed by atoms with Crippen molar-refractivity contribution in [2.24, 2.45) is 5.73 Å². The lowest BCUT2D eigenvalue weighted by molar-refractivity contribution is -0.131. The molecule has 1 amide bonds. The molecule has 1 heterocycles. The van der Waals surface area contributed by atoms with E-state index in [1.54, 1.807) is 0 Å². The molecule has 0 radical (unpaired) electrons. The van der Waals surface area contributed by atoms with Crippen LogP contribution >= 0.6 is 0 Å². The van der Waals surface area contributed by atoms with Gasteiger partial charge in [0.05, 0.1) is 5.54 Å². The molecule has 3 nitrogen and oxygen atoms in total. The number of amides is 1. The van der Waals surface area contributed by atoms with Crippen molar-refractivity contribution in [2.45, 2.75) is 43.7 Å². The highest BCUT2D eigenvalue weighted by atomic mass is 16.2. The number of carbonyl (C=O) groups excluding carboxylic acids is 1. The summed E-state index contributed by atoms with van der Waals surface area (Å²) in [7, 11) is 0. The van der Waals surface area contributed by atoms with Crippen molar-refractivity contribution in [1.29, 1.82) is 0 Å². The van der Waals surface area contributed by atoms with Crippen LogP contribution in [0.3, 0.4) is 0 Å². The smallest absolute Gasteiger partial charge is 0.246 e. The van der Waals surface area contributed by atoms with Gasteiger partial charge in [-0.05, 0) is 25.0 Å². The Morgan fingerprint density at radius 3 is 2.41 bits per heavy atom. The molecule has 1 aromatic rings. The Balaban J connectivity index is 1.95. The van der Waals surface area contributed by atoms with Gasteiger partial charge in [0.1, 0.15) is 6.04 Å². The van der Waals surface area contributed by atoms with E-state index in [0.717, 1.165) is 18.5 Å². The first-order chi connectivity index (χ1) is 8.26. The molecular formula is C14H18N2O. The van der Waals surface area contributed by atoms with Crippen LogP contribution in [0.4, 0.5) is 5.69 Å². The van der Waals surface area contributed by atoms with E-state index in [0.29, 0.717) is 0 Å². The topological polar surface area (TPSA) is 46.3 Å². The minimum atomic E-state index is -0.289. The fourth-order valence-corrected chi connectivity index (χ4v) is 3.32. The number of anilines is 1. The molecule has 1 aliphatic carbocycles. The zero-order chi connectivity index (χ0) is 11.9. The van der Waals surface area contributed by atoms with Crippen molar-refractivity contribution in [3.05, 3.63) is 30.3 Å². The van der Waals surface area contributed by atoms with E-state index in [2.05, 4.69) is 0 Å². The molecule has 17 heavy (non-hydrogen) atoms. The Hall–Kier alpha value is -1.35. The zero-order valence-corrected chi connectivity index (χ0v) is 9.93. The van der Waals surface area contributed by atoms with Gasteiger partial charge in [-0.1, -0.05) is 37.5 Å². The normalized spacial score (nSPS) is 27.0. The molecule has 1 saturated heterocycles. The summed E-state index contributed by atoms with van der Waals surface area (Å²) in [6, 6.07) is 9.64. The van der Waals surface area contributed by atoms with E-state index in [4.69, 9.17) is 5.73 Å². The lowest BCUT2D eigenvalue weighted by atomic mass is 9.68. The number of para-hydroxylation sites is 1. The molecule has 0 aromatic heterocycles. The van der Waals surface area contributed by atoms with Crippen molar-refractivity contribution < 1.29 is 4.79 Å². The highest BCUT2D eigenvalue weighted by molar-refractivity contribution is 6.07. The van der Waals surface area contributed by atoms with Crippen LogP contribution in [-0.2, 0) is 4.79 Å². The Morgan fingerprint density at radius 2 is 1.76 bits per heavy atom. The summed E-state index contributed by atoms with van der Waals surface area (Å²) in [5, 5.41) is 0. The quantitative estimate of drug-likeness (QED) is 0.751. The number of nitrogens with zero attached hydrogens (tertiary/aromatic N) is 1. The van der Waals surface area contributed by atoms with Crippen LogP contribution in [-0.4, -0.2) is 17.5 Å². The first-order valence-electron chi connectivity index (χ1n) is 6.40. The van der Waals surface area contributed by atoms with Crippen LogP contribution in [0.15, 0.2) is 30.3 Å². The van der Waals surface area contributed by atoms with Crippen LogP contribution in [0, 0.1) is 0 Å². The number of β-lactam (4-membered cyclic amide) rings is 1. The van der Waals surface area contributed by atoms with Crippen molar-refractivity contribution in [2.75, 3.05) is 4.90 Å². The lowest BCUT2D eigenvalue weighted by Gasteiger charge is -2.58. The maximum atomic E-state index is 12.0. The van der Waals surface area contributed by atoms with E-state index in [1.165, 1.54) is 19.3 Å². The summed E-state index contributed by atoms with van der Waals surface area (Å²) in [6.07, 6.45) is 5.74. The summed E-state index contributed by atoms with van der Waals surface area (Å²) < 4.78 is 0. The van der Waals surface area contributed by atoms with Crippen LogP contribution < -0.4 is 10.6 Å². The number of hydrogen-bond acceptors (Lipinski definition) is 2. The van der Waals surface area contributed by atoms with Gasteiger partial charge in [0, 0.05) is 5.69 Å². The van der Waals surface area contributed by atoms with Crippen LogP contribution in [0.25, 0.3) is 0 Å². The second-order valence-corrected chi connectivity index (χ2v) is 5.15. The Morgan fingerprint density at radius 1 is 1.12 bits per heavy atom. The van der Waals surface area contributed by atoms with E-state index in [-0.39, 0.29) is 17.5 Å². The monoisotopic (exact) mass is 230 g/mol. The maximum absolute atomic E-state index is 12.0. The molecule has 0 unspecified atom stereocenters. The third-order valence-electron chi connectivity index (χ3n) is 4.24. The Kier molecular flexibility index (Phi) is 2.44. The summed E-state index contributed by atoms with van der Waals surface area (Å²) in [4.78, 5) is 14.0. The third-order valence-corrected chi connectivity index (χ3v) is 4.24. The van der Waals surface area contributed by atoms with E-state index < -0.39 is 0 Å². The minimum Gasteiger partial charge on any atom is -0.318 e. The van der Waals surface area contributed by atoms with Gasteiger partial charge >= 0.3 is 0 Å². The summed E-state index contributed by atoms with van der Waals surface area (Å²) >= 11 is 0. The molecule has 1 spiro atoms. The fourth-order valence-electron chi connectivity index (χ4n) is 3.32. The summed E-state index contributed by atoms with van der Waals surface area (Å²) in [5.74, 6) is 0.0816. The number of nitrogens with two attached hydrogens (primary N) is 1. The molecule has 1 aromatic carbocycles. The van der Waals surface area contributed by atoms with Crippen LogP contribution in [0.5, 0.6) is 0 Å². The van der Waals surface area contributed by atoms with Gasteiger partial charge in [-0.2, -0.15) is 0 Å².